The normalized spacial score (nSPS) is 14.2. The van der Waals surface area contributed by atoms with Crippen molar-refractivity contribution in [2.75, 3.05) is 6.61 Å². The molecule has 0 aromatic carbocycles. The van der Waals surface area contributed by atoms with Crippen molar-refractivity contribution in [3.8, 4) is 0 Å². The highest BCUT2D eigenvalue weighted by Gasteiger charge is 2.26. The number of carbonyl (C=O) groups excluding carboxylic acids is 1. The van der Waals surface area contributed by atoms with Gasteiger partial charge in [0.15, 0.2) is 0 Å². The second-order valence-corrected chi connectivity index (χ2v) is 11.0. The van der Waals surface area contributed by atoms with Gasteiger partial charge in [-0.3, -0.25) is 4.79 Å². The Morgan fingerprint density at radius 2 is 1.08 bits per heavy atom. The molecule has 0 bridgehead atoms. The first-order chi connectivity index (χ1) is 18.1. The molecule has 0 spiro atoms. The number of hydrogen-bond acceptors (Lipinski definition) is 4. The largest absolute Gasteiger partial charge is 0.394 e. The van der Waals surface area contributed by atoms with Gasteiger partial charge in [-0.2, -0.15) is 0 Å². The van der Waals surface area contributed by atoms with E-state index >= 15 is 0 Å². The lowest BCUT2D eigenvalue weighted by Crippen LogP contribution is -2.50. The summed E-state index contributed by atoms with van der Waals surface area (Å²) < 4.78 is 0. The van der Waals surface area contributed by atoms with Crippen LogP contribution < -0.4 is 5.32 Å². The van der Waals surface area contributed by atoms with E-state index in [-0.39, 0.29) is 12.5 Å². The van der Waals surface area contributed by atoms with Crippen molar-refractivity contribution < 1.29 is 20.1 Å². The third-order valence-corrected chi connectivity index (χ3v) is 7.37. The van der Waals surface area contributed by atoms with E-state index in [1.165, 1.54) is 96.3 Å². The fraction of sp³-hybridized carbons (Fsp3) is 0.906. The maximum absolute atomic E-state index is 12.3. The summed E-state index contributed by atoms with van der Waals surface area (Å²) in [5.74, 6) is -0.157. The van der Waals surface area contributed by atoms with Gasteiger partial charge in [-0.1, -0.05) is 129 Å². The molecule has 0 aliphatic carbocycles. The molecule has 0 rings (SSSR count). The van der Waals surface area contributed by atoms with Gasteiger partial charge in [-0.15, -0.1) is 0 Å². The number of hydrogen-bond donors (Lipinski definition) is 4. The molecule has 0 heterocycles. The van der Waals surface area contributed by atoms with Crippen molar-refractivity contribution in [3.63, 3.8) is 0 Å². The molecule has 0 fully saturated rings. The van der Waals surface area contributed by atoms with Crippen LogP contribution in [0.1, 0.15) is 162 Å². The van der Waals surface area contributed by atoms with Gasteiger partial charge in [0.1, 0.15) is 6.10 Å². The molecular formula is C32H63NO4. The van der Waals surface area contributed by atoms with Crippen LogP contribution in [0.25, 0.3) is 0 Å². The molecule has 0 saturated heterocycles. The predicted molar refractivity (Wildman–Crippen MR) is 158 cm³/mol. The Hall–Kier alpha value is -0.910. The van der Waals surface area contributed by atoms with Gasteiger partial charge in [0.25, 0.3) is 0 Å². The second-order valence-electron chi connectivity index (χ2n) is 11.0. The van der Waals surface area contributed by atoms with Crippen LogP contribution >= 0.6 is 0 Å². The Bertz CT molecular complexity index is 511. The lowest BCUT2D eigenvalue weighted by Gasteiger charge is -2.26. The van der Waals surface area contributed by atoms with Crippen molar-refractivity contribution in [2.24, 2.45) is 0 Å². The second kappa shape index (κ2) is 28.1. The molecule has 4 N–H and O–H groups in total. The molecule has 3 unspecified atom stereocenters. The Labute approximate surface area is 229 Å². The number of aliphatic hydroxyl groups is 3. The fourth-order valence-electron chi connectivity index (χ4n) is 4.81. The third-order valence-electron chi connectivity index (χ3n) is 7.37. The monoisotopic (exact) mass is 525 g/mol. The summed E-state index contributed by atoms with van der Waals surface area (Å²) >= 11 is 0. The van der Waals surface area contributed by atoms with Crippen molar-refractivity contribution in [1.29, 1.82) is 0 Å². The lowest BCUT2D eigenvalue weighted by atomic mass is 10.0. The Kier molecular flexibility index (Phi) is 27.4. The Balaban J connectivity index is 3.71. The van der Waals surface area contributed by atoms with Gasteiger partial charge >= 0.3 is 0 Å². The van der Waals surface area contributed by atoms with E-state index in [1.807, 2.05) is 0 Å². The average molecular weight is 526 g/mol. The summed E-state index contributed by atoms with van der Waals surface area (Å²) in [6.45, 7) is 4.09. The van der Waals surface area contributed by atoms with Crippen LogP contribution in [0, 0.1) is 0 Å². The van der Waals surface area contributed by atoms with Gasteiger partial charge in [-0.05, 0) is 38.5 Å². The maximum atomic E-state index is 12.3. The first-order valence-electron chi connectivity index (χ1n) is 16.0. The maximum Gasteiger partial charge on any atom is 0.220 e. The van der Waals surface area contributed by atoms with E-state index in [9.17, 15) is 20.1 Å². The van der Waals surface area contributed by atoms with Gasteiger partial charge < -0.3 is 20.6 Å². The first-order valence-corrected chi connectivity index (χ1v) is 16.0. The van der Waals surface area contributed by atoms with E-state index in [0.717, 1.165) is 38.5 Å². The third kappa shape index (κ3) is 23.9. The summed E-state index contributed by atoms with van der Waals surface area (Å²) in [6.07, 6.45) is 28.8. The zero-order chi connectivity index (χ0) is 27.4. The number of allylic oxidation sites excluding steroid dienone is 2. The molecule has 5 nitrogen and oxygen atoms in total. The van der Waals surface area contributed by atoms with Crippen LogP contribution in [0.5, 0.6) is 0 Å². The van der Waals surface area contributed by atoms with Crippen LogP contribution in [-0.4, -0.2) is 46.1 Å². The molecule has 0 aliphatic heterocycles. The highest BCUT2D eigenvalue weighted by atomic mass is 16.3. The Morgan fingerprint density at radius 1 is 0.649 bits per heavy atom. The summed E-state index contributed by atoms with van der Waals surface area (Å²) in [5.41, 5.74) is 0. The molecule has 3 atom stereocenters. The van der Waals surface area contributed by atoms with Gasteiger partial charge in [0.05, 0.1) is 18.8 Å². The van der Waals surface area contributed by atoms with Crippen molar-refractivity contribution in [1.82, 2.24) is 5.32 Å². The van der Waals surface area contributed by atoms with E-state index in [0.29, 0.717) is 12.8 Å². The predicted octanol–water partition coefficient (Wildman–Crippen LogP) is 7.75. The summed E-state index contributed by atoms with van der Waals surface area (Å²) in [5, 5.41) is 33.0. The lowest BCUT2D eigenvalue weighted by molar-refractivity contribution is -0.124. The summed E-state index contributed by atoms with van der Waals surface area (Å²) in [4.78, 5) is 12.3. The number of rotatable bonds is 28. The quantitative estimate of drug-likeness (QED) is 0.0621. The van der Waals surface area contributed by atoms with Crippen LogP contribution in [0.15, 0.2) is 12.2 Å². The molecule has 5 heteroatoms. The van der Waals surface area contributed by atoms with Crippen LogP contribution in [0.2, 0.25) is 0 Å². The minimum atomic E-state index is -1.15. The van der Waals surface area contributed by atoms with Crippen LogP contribution in [-0.2, 0) is 4.79 Å². The zero-order valence-corrected chi connectivity index (χ0v) is 24.6. The smallest absolute Gasteiger partial charge is 0.220 e. The first kappa shape index (κ1) is 36.1. The minimum Gasteiger partial charge on any atom is -0.394 e. The van der Waals surface area contributed by atoms with Crippen molar-refractivity contribution >= 4 is 5.91 Å². The van der Waals surface area contributed by atoms with Crippen molar-refractivity contribution in [2.45, 2.75) is 180 Å². The highest BCUT2D eigenvalue weighted by molar-refractivity contribution is 5.76. The van der Waals surface area contributed by atoms with Gasteiger partial charge in [0, 0.05) is 6.42 Å². The number of amides is 1. The SMILES string of the molecule is CCCCC/C=C/CCCC(O)C(O)C(CO)NC(=O)CCCCCCCCCCCCCCCCC. The van der Waals surface area contributed by atoms with Gasteiger partial charge in [-0.25, -0.2) is 0 Å². The van der Waals surface area contributed by atoms with E-state index < -0.39 is 18.2 Å². The molecule has 220 valence electrons. The molecule has 1 amide bonds. The highest BCUT2D eigenvalue weighted by Crippen LogP contribution is 2.14. The molecule has 0 aromatic heterocycles. The number of nitrogens with one attached hydrogen (secondary N) is 1. The standard InChI is InChI=1S/C32H63NO4/c1-3-5-7-9-11-13-14-15-16-17-18-19-21-23-25-27-31(36)33-29(28-34)32(37)30(35)26-24-22-20-12-10-8-6-4-2/h12,20,29-30,32,34-35,37H,3-11,13-19,21-28H2,1-2H3,(H,33,36)/b20-12+. The number of unbranched alkanes of at least 4 members (excludes halogenated alkanes) is 18. The van der Waals surface area contributed by atoms with Crippen LogP contribution in [0.3, 0.4) is 0 Å². The topological polar surface area (TPSA) is 89.8 Å². The summed E-state index contributed by atoms with van der Waals surface area (Å²) in [7, 11) is 0. The minimum absolute atomic E-state index is 0.157. The van der Waals surface area contributed by atoms with E-state index in [1.54, 1.807) is 0 Å². The fourth-order valence-corrected chi connectivity index (χ4v) is 4.81. The molecule has 0 saturated carbocycles. The van der Waals surface area contributed by atoms with Gasteiger partial charge in [0.2, 0.25) is 5.91 Å². The molecule has 0 aromatic rings. The van der Waals surface area contributed by atoms with E-state index in [2.05, 4.69) is 31.3 Å². The summed E-state index contributed by atoms with van der Waals surface area (Å²) in [6, 6.07) is -0.816. The molecule has 37 heavy (non-hydrogen) atoms. The molecular weight excluding hydrogens is 462 g/mol. The average Bonchev–Trinajstić information content (AvgIpc) is 2.90. The Morgan fingerprint density at radius 3 is 1.57 bits per heavy atom. The number of carbonyl (C=O) groups is 1. The van der Waals surface area contributed by atoms with Crippen LogP contribution in [0.4, 0.5) is 0 Å². The number of aliphatic hydroxyl groups excluding tert-OH is 3. The molecule has 0 aliphatic rings. The zero-order valence-electron chi connectivity index (χ0n) is 24.6. The molecule has 0 radical (unpaired) electrons. The van der Waals surface area contributed by atoms with E-state index in [4.69, 9.17) is 0 Å². The van der Waals surface area contributed by atoms with Crippen molar-refractivity contribution in [3.05, 3.63) is 12.2 Å².